The van der Waals surface area contributed by atoms with Gasteiger partial charge in [-0.1, -0.05) is 61.0 Å². The highest BCUT2D eigenvalue weighted by atomic mass is 19.1. The zero-order valence-electron chi connectivity index (χ0n) is 19.1. The molecule has 5 rings (SSSR count). The van der Waals surface area contributed by atoms with Crippen LogP contribution in [0.3, 0.4) is 0 Å². The van der Waals surface area contributed by atoms with Gasteiger partial charge in [-0.15, -0.1) is 0 Å². The van der Waals surface area contributed by atoms with Crippen molar-refractivity contribution >= 4 is 6.21 Å². The van der Waals surface area contributed by atoms with E-state index in [1.165, 1.54) is 28.8 Å². The summed E-state index contributed by atoms with van der Waals surface area (Å²) in [5, 5.41) is 8.15. The number of aryl methyl sites for hydroxylation is 1. The quantitative estimate of drug-likeness (QED) is 0.497. The summed E-state index contributed by atoms with van der Waals surface area (Å²) in [6.45, 7) is 4.61. The molecule has 2 aromatic carbocycles. The summed E-state index contributed by atoms with van der Waals surface area (Å²) in [5.41, 5.74) is 5.78. The Balaban J connectivity index is 1.39. The van der Waals surface area contributed by atoms with E-state index in [-0.39, 0.29) is 22.4 Å². The van der Waals surface area contributed by atoms with Crippen LogP contribution < -0.4 is 0 Å². The van der Waals surface area contributed by atoms with Crippen LogP contribution in [0.2, 0.25) is 0 Å². The minimum atomic E-state index is -0.253. The van der Waals surface area contributed by atoms with E-state index in [0.29, 0.717) is 0 Å². The number of halogens is 1. The van der Waals surface area contributed by atoms with Crippen molar-refractivity contribution in [2.45, 2.75) is 70.0 Å². The topological polar surface area (TPSA) is 33.1 Å². The first-order valence-electron chi connectivity index (χ1n) is 11.8. The van der Waals surface area contributed by atoms with E-state index in [4.69, 9.17) is 10.1 Å². The molecule has 2 nitrogen and oxygen atoms in total. The lowest BCUT2D eigenvalue weighted by Gasteiger charge is -2.45. The lowest BCUT2D eigenvalue weighted by Crippen LogP contribution is -2.45. The number of ether oxygens (including phenoxy) is 1. The van der Waals surface area contributed by atoms with Gasteiger partial charge in [-0.05, 0) is 86.3 Å². The van der Waals surface area contributed by atoms with Crippen LogP contribution in [0.25, 0.3) is 0 Å². The van der Waals surface area contributed by atoms with Crippen molar-refractivity contribution in [2.24, 2.45) is 5.41 Å². The maximum Gasteiger partial charge on any atom is 0.123 e. The van der Waals surface area contributed by atoms with Crippen LogP contribution in [0.15, 0.2) is 77.4 Å². The smallest absolute Gasteiger partial charge is 0.123 e. The summed E-state index contributed by atoms with van der Waals surface area (Å²) in [6.07, 6.45) is 10.7. The van der Waals surface area contributed by atoms with Gasteiger partial charge >= 0.3 is 0 Å². The molecule has 1 aliphatic heterocycles. The van der Waals surface area contributed by atoms with E-state index in [1.807, 2.05) is 12.1 Å². The molecule has 1 saturated carbocycles. The fourth-order valence-corrected chi connectivity index (χ4v) is 6.32. The summed E-state index contributed by atoms with van der Waals surface area (Å²) < 4.78 is 20.3. The minimum Gasteiger partial charge on any atom is -0.363 e. The molecule has 0 aromatic heterocycles. The van der Waals surface area contributed by atoms with Crippen LogP contribution >= 0.6 is 0 Å². The second-order valence-electron chi connectivity index (χ2n) is 10.2. The molecule has 1 heterocycles. The van der Waals surface area contributed by atoms with E-state index < -0.39 is 0 Å². The third-order valence-corrected chi connectivity index (χ3v) is 8.40. The van der Waals surface area contributed by atoms with Crippen molar-refractivity contribution in [1.82, 2.24) is 0 Å². The van der Waals surface area contributed by atoms with Gasteiger partial charge in [-0.2, -0.15) is 0 Å². The highest BCUT2D eigenvalue weighted by Gasteiger charge is 2.62. The largest absolute Gasteiger partial charge is 0.363 e. The van der Waals surface area contributed by atoms with Gasteiger partial charge in [0.25, 0.3) is 0 Å². The predicted octanol–water partition coefficient (Wildman–Crippen LogP) is 7.30. The van der Waals surface area contributed by atoms with E-state index in [2.05, 4.69) is 50.3 Å². The second kappa shape index (κ2) is 7.81. The van der Waals surface area contributed by atoms with Crippen LogP contribution in [0.4, 0.5) is 4.39 Å². The Kier molecular flexibility index (Phi) is 5.21. The average molecular weight is 430 g/mol. The number of nitrogens with one attached hydrogen (secondary N) is 1. The summed E-state index contributed by atoms with van der Waals surface area (Å²) >= 11 is 0. The summed E-state index contributed by atoms with van der Waals surface area (Å²) in [4.78, 5) is 0. The summed E-state index contributed by atoms with van der Waals surface area (Å²) in [7, 11) is 0. The van der Waals surface area contributed by atoms with Crippen molar-refractivity contribution in [1.29, 1.82) is 5.41 Å². The highest BCUT2D eigenvalue weighted by Crippen LogP contribution is 2.64. The third-order valence-electron chi connectivity index (χ3n) is 8.40. The molecule has 1 spiro atoms. The van der Waals surface area contributed by atoms with Crippen molar-refractivity contribution < 1.29 is 9.13 Å². The van der Waals surface area contributed by atoms with Gasteiger partial charge in [0.1, 0.15) is 5.82 Å². The van der Waals surface area contributed by atoms with Crippen LogP contribution in [0, 0.1) is 16.6 Å². The highest BCUT2D eigenvalue weighted by molar-refractivity contribution is 5.79. The summed E-state index contributed by atoms with van der Waals surface area (Å²) in [6, 6.07) is 17.4. The number of hydrogen-bond acceptors (Lipinski definition) is 2. The normalized spacial score (nSPS) is 31.7. The lowest BCUT2D eigenvalue weighted by molar-refractivity contribution is -0.140. The van der Waals surface area contributed by atoms with Gasteiger partial charge in [0.05, 0.1) is 11.2 Å². The fourth-order valence-electron chi connectivity index (χ4n) is 6.32. The third kappa shape index (κ3) is 3.38. The van der Waals surface area contributed by atoms with Crippen LogP contribution in [-0.2, 0) is 16.8 Å². The number of hydrogen-bond donors (Lipinski definition) is 1. The number of fused-ring (bicyclic) bond motifs is 2. The van der Waals surface area contributed by atoms with Crippen molar-refractivity contribution in [3.8, 4) is 0 Å². The van der Waals surface area contributed by atoms with Gasteiger partial charge in [0.2, 0.25) is 0 Å². The van der Waals surface area contributed by atoms with Crippen molar-refractivity contribution in [3.05, 3.63) is 94.3 Å². The van der Waals surface area contributed by atoms with Gasteiger partial charge in [0, 0.05) is 11.6 Å². The molecule has 2 aromatic rings. The predicted molar refractivity (Wildman–Crippen MR) is 127 cm³/mol. The van der Waals surface area contributed by atoms with Crippen molar-refractivity contribution in [2.75, 3.05) is 0 Å². The Morgan fingerprint density at radius 3 is 2.44 bits per heavy atom. The lowest BCUT2D eigenvalue weighted by atomic mass is 9.65. The fraction of sp³-hybridized carbons (Fsp3) is 0.414. The first kappa shape index (κ1) is 21.3. The van der Waals surface area contributed by atoms with Crippen molar-refractivity contribution in [3.63, 3.8) is 0 Å². The molecule has 0 radical (unpaired) electrons. The monoisotopic (exact) mass is 429 g/mol. The molecule has 3 atom stereocenters. The molecule has 32 heavy (non-hydrogen) atoms. The molecule has 166 valence electrons. The molecular weight excluding hydrogens is 397 g/mol. The maximum atomic E-state index is 13.2. The Labute approximate surface area is 190 Å². The van der Waals surface area contributed by atoms with E-state index >= 15 is 0 Å². The Hall–Kier alpha value is -2.52. The van der Waals surface area contributed by atoms with Gasteiger partial charge < -0.3 is 10.1 Å². The Bertz CT molecular complexity index is 1090. The van der Waals surface area contributed by atoms with Gasteiger partial charge in [-0.3, -0.25) is 0 Å². The maximum absolute atomic E-state index is 13.2. The zero-order valence-corrected chi connectivity index (χ0v) is 19.1. The van der Waals surface area contributed by atoms with E-state index in [0.717, 1.165) is 56.1 Å². The van der Waals surface area contributed by atoms with Gasteiger partial charge in [0.15, 0.2) is 0 Å². The molecule has 1 saturated heterocycles. The molecule has 0 unspecified atom stereocenters. The van der Waals surface area contributed by atoms with E-state index in [1.54, 1.807) is 6.21 Å². The SMILES string of the molecule is C[C@]1(c2ccccc2)CC[C@]2(CCC3=CC(CCc4ccc(F)cc4)=C(C=N)C[C@@]32C)O1. The van der Waals surface area contributed by atoms with Crippen LogP contribution in [0.5, 0.6) is 0 Å². The first-order chi connectivity index (χ1) is 15.4. The molecule has 3 aliphatic rings. The standard InChI is InChI=1S/C29H32FNO/c1-27-19-23(20-31)22(11-8-21-9-12-26(30)13-10-21)18-25(27)14-15-29(27)17-16-28(2,32-29)24-6-4-3-5-7-24/h3-7,9-10,12-13,18,20,31H,8,11,14-17,19H2,1-2H3/t27-,28+,29-/m0/s1. The molecule has 3 heteroatoms. The number of rotatable bonds is 5. The average Bonchev–Trinajstić information content (AvgIpc) is 3.31. The molecule has 2 aliphatic carbocycles. The first-order valence-corrected chi connectivity index (χ1v) is 11.8. The Morgan fingerprint density at radius 1 is 0.969 bits per heavy atom. The number of benzene rings is 2. The van der Waals surface area contributed by atoms with Crippen LogP contribution in [-0.4, -0.2) is 11.8 Å². The molecule has 2 fully saturated rings. The second-order valence-corrected chi connectivity index (χ2v) is 10.2. The minimum absolute atomic E-state index is 0.0637. The molecule has 1 N–H and O–H groups in total. The Morgan fingerprint density at radius 2 is 1.72 bits per heavy atom. The molecule has 0 amide bonds. The molecular formula is C29H32FNO. The van der Waals surface area contributed by atoms with Gasteiger partial charge in [-0.25, -0.2) is 4.39 Å². The number of allylic oxidation sites excluding steroid dienone is 3. The summed E-state index contributed by atoms with van der Waals surface area (Å²) in [5.74, 6) is -0.195. The zero-order chi connectivity index (χ0) is 22.4. The van der Waals surface area contributed by atoms with Crippen LogP contribution in [0.1, 0.15) is 63.5 Å². The molecule has 0 bridgehead atoms. The van der Waals surface area contributed by atoms with E-state index in [9.17, 15) is 4.39 Å².